The van der Waals surface area contributed by atoms with Crippen LogP contribution in [0.15, 0.2) is 36.5 Å². The number of carbonyl (C=O) groups is 1. The van der Waals surface area contributed by atoms with Crippen molar-refractivity contribution in [2.45, 2.75) is 418 Å². The molecule has 2 N–H and O–H groups in total. The molecule has 0 aliphatic rings. The Kier molecular flexibility index (Phi) is 68.1. The smallest absolute Gasteiger partial charge is 0.268 e. The SMILES string of the molecule is CCCCCCCCCCCCCCCCCCC/C=C/CC/C=C/CC/C=C/C(O)C(COP(=O)([O-])OCC[N+](C)(C)C)NC(=O)CCCCCCCCCCCCCCCCCCCCCCCCCCCCCCCCCCCCCCCC. The van der Waals surface area contributed by atoms with Crippen LogP contribution in [0.3, 0.4) is 0 Å². The molecule has 0 aromatic rings. The van der Waals surface area contributed by atoms with Gasteiger partial charge in [-0.1, -0.05) is 391 Å². The van der Waals surface area contributed by atoms with Crippen LogP contribution in [-0.4, -0.2) is 68.5 Å². The van der Waals surface area contributed by atoms with Gasteiger partial charge in [0.2, 0.25) is 5.91 Å². The summed E-state index contributed by atoms with van der Waals surface area (Å²) in [6.07, 6.45) is 93.2. The fraction of sp³-hybridized carbons (Fsp3) is 0.910. The molecule has 516 valence electrons. The van der Waals surface area contributed by atoms with Crippen LogP contribution >= 0.6 is 7.82 Å². The number of quaternary nitrogens is 1. The van der Waals surface area contributed by atoms with Gasteiger partial charge in [0, 0.05) is 6.42 Å². The maximum Gasteiger partial charge on any atom is 0.268 e. The highest BCUT2D eigenvalue weighted by molar-refractivity contribution is 7.45. The van der Waals surface area contributed by atoms with Crippen LogP contribution in [0.1, 0.15) is 406 Å². The number of aliphatic hydroxyl groups is 1. The van der Waals surface area contributed by atoms with Gasteiger partial charge in [-0.2, -0.15) is 0 Å². The van der Waals surface area contributed by atoms with E-state index in [0.717, 1.165) is 44.9 Å². The number of hydrogen-bond donors (Lipinski definition) is 2. The highest BCUT2D eigenvalue weighted by atomic mass is 31.2. The number of aliphatic hydroxyl groups excluding tert-OH is 1. The van der Waals surface area contributed by atoms with Gasteiger partial charge in [-0.15, -0.1) is 0 Å². The largest absolute Gasteiger partial charge is 0.756 e. The number of hydrogen-bond acceptors (Lipinski definition) is 6. The summed E-state index contributed by atoms with van der Waals surface area (Å²) in [4.78, 5) is 25.7. The lowest BCUT2D eigenvalue weighted by atomic mass is 10.0. The average molecular weight is 1250 g/mol. The fourth-order valence-electron chi connectivity index (χ4n) is 12.1. The molecule has 3 unspecified atom stereocenters. The van der Waals surface area contributed by atoms with Crippen molar-refractivity contribution in [2.75, 3.05) is 40.9 Å². The summed E-state index contributed by atoms with van der Waals surface area (Å²) in [5, 5.41) is 14.0. The van der Waals surface area contributed by atoms with Crippen molar-refractivity contribution in [3.05, 3.63) is 36.5 Å². The van der Waals surface area contributed by atoms with Gasteiger partial charge in [0.1, 0.15) is 13.2 Å². The first-order valence-corrected chi connectivity index (χ1v) is 40.3. The van der Waals surface area contributed by atoms with Crippen molar-refractivity contribution in [2.24, 2.45) is 0 Å². The second-order valence-corrected chi connectivity index (χ2v) is 29.5. The molecule has 0 aliphatic carbocycles. The van der Waals surface area contributed by atoms with Crippen LogP contribution < -0.4 is 10.2 Å². The first-order chi connectivity index (χ1) is 42.5. The molecular weight excluding hydrogens is 1090 g/mol. The van der Waals surface area contributed by atoms with Crippen molar-refractivity contribution >= 4 is 13.7 Å². The van der Waals surface area contributed by atoms with Gasteiger partial charge in [-0.05, 0) is 44.9 Å². The molecule has 0 aliphatic heterocycles. The van der Waals surface area contributed by atoms with Crippen molar-refractivity contribution < 1.29 is 32.9 Å². The highest BCUT2D eigenvalue weighted by Gasteiger charge is 2.23. The summed E-state index contributed by atoms with van der Waals surface area (Å²) in [6, 6.07) is -0.910. The van der Waals surface area contributed by atoms with Crippen LogP contribution in [0.25, 0.3) is 0 Å². The Bertz CT molecular complexity index is 1510. The molecule has 0 bridgehead atoms. The van der Waals surface area contributed by atoms with Crippen LogP contribution in [-0.2, 0) is 18.4 Å². The molecule has 0 radical (unpaired) electrons. The number of unbranched alkanes of at least 4 members (excludes halogenated alkanes) is 56. The molecule has 1 amide bonds. The van der Waals surface area contributed by atoms with E-state index in [-0.39, 0.29) is 12.5 Å². The molecule has 87 heavy (non-hydrogen) atoms. The third-order valence-electron chi connectivity index (χ3n) is 18.1. The minimum atomic E-state index is -4.62. The Morgan fingerprint density at radius 1 is 0.391 bits per heavy atom. The number of nitrogens with one attached hydrogen (secondary N) is 1. The minimum absolute atomic E-state index is 0.00699. The van der Waals surface area contributed by atoms with Crippen LogP contribution in [0.4, 0.5) is 0 Å². The van der Waals surface area contributed by atoms with E-state index in [1.807, 2.05) is 27.2 Å². The van der Waals surface area contributed by atoms with E-state index in [1.54, 1.807) is 6.08 Å². The maximum absolute atomic E-state index is 13.1. The van der Waals surface area contributed by atoms with Crippen molar-refractivity contribution in [1.29, 1.82) is 0 Å². The number of phosphoric ester groups is 1. The first kappa shape index (κ1) is 85.7. The van der Waals surface area contributed by atoms with Gasteiger partial charge in [0.15, 0.2) is 0 Å². The number of likely N-dealkylation sites (N-methyl/N-ethyl adjacent to an activating group) is 1. The summed E-state index contributed by atoms with van der Waals surface area (Å²) >= 11 is 0. The lowest BCUT2D eigenvalue weighted by Gasteiger charge is -2.29. The van der Waals surface area contributed by atoms with Gasteiger partial charge in [-0.25, -0.2) is 0 Å². The van der Waals surface area contributed by atoms with E-state index >= 15 is 0 Å². The Morgan fingerprint density at radius 2 is 0.644 bits per heavy atom. The summed E-state index contributed by atoms with van der Waals surface area (Å²) in [7, 11) is 1.25. The predicted octanol–water partition coefficient (Wildman–Crippen LogP) is 24.5. The second kappa shape index (κ2) is 69.1. The van der Waals surface area contributed by atoms with Crippen LogP contribution in [0.2, 0.25) is 0 Å². The third-order valence-corrected chi connectivity index (χ3v) is 19.0. The summed E-state index contributed by atoms with van der Waals surface area (Å²) in [6.45, 7) is 4.69. The maximum atomic E-state index is 13.1. The first-order valence-electron chi connectivity index (χ1n) is 38.9. The molecule has 0 heterocycles. The summed E-state index contributed by atoms with van der Waals surface area (Å²) < 4.78 is 23.5. The zero-order valence-corrected chi connectivity index (χ0v) is 60.2. The van der Waals surface area contributed by atoms with Crippen molar-refractivity contribution in [1.82, 2.24) is 5.32 Å². The summed E-state index contributed by atoms with van der Waals surface area (Å²) in [5.74, 6) is -0.202. The fourth-order valence-corrected chi connectivity index (χ4v) is 12.8. The van der Waals surface area contributed by atoms with Crippen LogP contribution in [0.5, 0.6) is 0 Å². The van der Waals surface area contributed by atoms with E-state index in [2.05, 4.69) is 43.5 Å². The molecule has 9 heteroatoms. The molecule has 0 saturated carbocycles. The monoisotopic (exact) mass is 1250 g/mol. The quantitative estimate of drug-likeness (QED) is 0.0272. The number of allylic oxidation sites excluding steroid dienone is 5. The van der Waals surface area contributed by atoms with Gasteiger partial charge in [-0.3, -0.25) is 9.36 Å². The Labute approximate surface area is 544 Å². The second-order valence-electron chi connectivity index (χ2n) is 28.1. The highest BCUT2D eigenvalue weighted by Crippen LogP contribution is 2.38. The topological polar surface area (TPSA) is 108 Å². The van der Waals surface area contributed by atoms with E-state index in [9.17, 15) is 19.4 Å². The molecular formula is C78H153N2O6P. The molecule has 0 rings (SSSR count). The average Bonchev–Trinajstić information content (AvgIpc) is 3.71. The summed E-state index contributed by atoms with van der Waals surface area (Å²) in [5.41, 5.74) is 0. The molecule has 0 aromatic heterocycles. The molecule has 0 saturated heterocycles. The number of rotatable bonds is 73. The number of carbonyl (C=O) groups excluding carboxylic acids is 1. The molecule has 0 spiro atoms. The lowest BCUT2D eigenvalue weighted by molar-refractivity contribution is -0.870. The number of amides is 1. The molecule has 3 atom stereocenters. The standard InChI is InChI=1S/C78H153N2O6P/c1-6-8-10-12-14-16-18-20-22-24-26-28-30-32-34-35-36-37-38-39-40-41-42-43-44-46-48-50-52-54-56-58-60-62-64-66-68-70-72-78(82)79-76(75-86-87(83,84)85-74-73-80(3,4)5)77(81)71-69-67-65-63-61-59-57-55-53-51-49-47-45-33-31-29-27-25-23-21-19-17-15-13-11-9-7-2/h53,55,61,63,69,71,76-77,81H,6-52,54,56-60,62,64-68,70,72-75H2,1-5H3,(H-,79,82,83,84)/b55-53+,63-61+,71-69+. The molecule has 0 fully saturated rings. The Morgan fingerprint density at radius 3 is 0.931 bits per heavy atom. The number of phosphoric acid groups is 1. The van der Waals surface area contributed by atoms with Crippen molar-refractivity contribution in [3.63, 3.8) is 0 Å². The number of nitrogens with zero attached hydrogens (tertiary/aromatic N) is 1. The lowest BCUT2D eigenvalue weighted by Crippen LogP contribution is -2.45. The van der Waals surface area contributed by atoms with Gasteiger partial charge in [0.05, 0.1) is 39.9 Å². The minimum Gasteiger partial charge on any atom is -0.756 e. The van der Waals surface area contributed by atoms with E-state index in [0.29, 0.717) is 17.4 Å². The zero-order chi connectivity index (χ0) is 63.4. The molecule has 0 aromatic carbocycles. The third kappa shape index (κ3) is 72.0. The van der Waals surface area contributed by atoms with E-state index < -0.39 is 26.6 Å². The predicted molar refractivity (Wildman–Crippen MR) is 381 cm³/mol. The van der Waals surface area contributed by atoms with Gasteiger partial charge < -0.3 is 28.8 Å². The van der Waals surface area contributed by atoms with Gasteiger partial charge in [0.25, 0.3) is 7.82 Å². The zero-order valence-electron chi connectivity index (χ0n) is 59.3. The normalized spacial score (nSPS) is 13.7. The van der Waals surface area contributed by atoms with E-state index in [1.165, 1.54) is 340 Å². The van der Waals surface area contributed by atoms with Crippen molar-refractivity contribution in [3.8, 4) is 0 Å². The Hall–Kier alpha value is -1.28. The van der Waals surface area contributed by atoms with Gasteiger partial charge >= 0.3 is 0 Å². The molecule has 8 nitrogen and oxygen atoms in total. The Balaban J connectivity index is 3.98. The van der Waals surface area contributed by atoms with E-state index in [4.69, 9.17) is 9.05 Å². The van der Waals surface area contributed by atoms with Crippen LogP contribution in [0, 0.1) is 0 Å².